The molecule has 5 aliphatic rings. The lowest BCUT2D eigenvalue weighted by Gasteiger charge is -2.58. The molecule has 0 bridgehead atoms. The van der Waals surface area contributed by atoms with Gasteiger partial charge in [0.05, 0.1) is 11.7 Å². The van der Waals surface area contributed by atoms with E-state index in [2.05, 4.69) is 36.3 Å². The number of fused-ring (bicyclic) bond motifs is 5. The van der Waals surface area contributed by atoms with Gasteiger partial charge in [0, 0.05) is 22.5 Å². The lowest BCUT2D eigenvalue weighted by atomic mass is 9.50. The van der Waals surface area contributed by atoms with Crippen LogP contribution in [0.3, 0.4) is 0 Å². The SMILES string of the molecule is CC(C)CCCCC1CCC2C3CC=C4CC(OC5CCCO5)CCC4(OP)C3CCC12C. The highest BCUT2D eigenvalue weighted by Gasteiger charge is 2.60. The Balaban J connectivity index is 1.26. The standard InChI is InChI=1S/C29H49O3P/c1-20(2)7-4-5-8-21-11-13-25-24-12-10-22-19-23(31-27-9-6-18-30-27)14-17-29(22,32-33)26(24)15-16-28(21,25)3/h10,20-21,23-27H,4-9,11-19,33H2,1-3H3. The van der Waals surface area contributed by atoms with Crippen molar-refractivity contribution in [2.75, 3.05) is 6.61 Å². The smallest absolute Gasteiger partial charge is 0.158 e. The monoisotopic (exact) mass is 476 g/mol. The Labute approximate surface area is 205 Å². The third-order valence-corrected chi connectivity index (χ3v) is 11.1. The van der Waals surface area contributed by atoms with Gasteiger partial charge < -0.3 is 14.0 Å². The van der Waals surface area contributed by atoms with Crippen molar-refractivity contribution in [2.45, 2.75) is 129 Å². The zero-order chi connectivity index (χ0) is 23.1. The molecule has 4 fully saturated rings. The molecule has 1 aliphatic heterocycles. The lowest BCUT2D eigenvalue weighted by molar-refractivity contribution is -0.161. The van der Waals surface area contributed by atoms with Gasteiger partial charge in [-0.3, -0.25) is 0 Å². The van der Waals surface area contributed by atoms with Crippen molar-refractivity contribution in [2.24, 2.45) is 35.0 Å². The second kappa shape index (κ2) is 10.2. The average Bonchev–Trinajstić information content (AvgIpc) is 3.43. The van der Waals surface area contributed by atoms with Crippen LogP contribution in [0.1, 0.15) is 111 Å². The molecule has 9 unspecified atom stereocenters. The minimum atomic E-state index is -0.0549. The first-order valence-electron chi connectivity index (χ1n) is 14.3. The molecular weight excluding hydrogens is 427 g/mol. The summed E-state index contributed by atoms with van der Waals surface area (Å²) in [6.45, 7) is 8.27. The van der Waals surface area contributed by atoms with Crippen molar-refractivity contribution in [1.29, 1.82) is 0 Å². The van der Waals surface area contributed by atoms with Crippen LogP contribution in [0.4, 0.5) is 0 Å². The van der Waals surface area contributed by atoms with Gasteiger partial charge in [-0.1, -0.05) is 46.1 Å². The molecule has 0 radical (unpaired) electrons. The van der Waals surface area contributed by atoms with Crippen LogP contribution >= 0.6 is 9.47 Å². The van der Waals surface area contributed by atoms with Crippen LogP contribution in [0.5, 0.6) is 0 Å². The van der Waals surface area contributed by atoms with E-state index in [9.17, 15) is 0 Å². The summed E-state index contributed by atoms with van der Waals surface area (Å²) >= 11 is 0. The molecule has 0 spiro atoms. The fraction of sp³-hybridized carbons (Fsp3) is 0.931. The summed E-state index contributed by atoms with van der Waals surface area (Å²) < 4.78 is 18.6. The molecule has 4 heteroatoms. The van der Waals surface area contributed by atoms with E-state index < -0.39 is 0 Å². The van der Waals surface area contributed by atoms with E-state index in [-0.39, 0.29) is 11.9 Å². The largest absolute Gasteiger partial charge is 0.355 e. The topological polar surface area (TPSA) is 27.7 Å². The second-order valence-corrected chi connectivity index (χ2v) is 13.0. The lowest BCUT2D eigenvalue weighted by Crippen LogP contribution is -2.55. The van der Waals surface area contributed by atoms with Gasteiger partial charge in [0.25, 0.3) is 0 Å². The predicted octanol–water partition coefficient (Wildman–Crippen LogP) is 7.84. The van der Waals surface area contributed by atoms with Gasteiger partial charge in [-0.15, -0.1) is 0 Å². The van der Waals surface area contributed by atoms with Gasteiger partial charge in [-0.2, -0.15) is 0 Å². The maximum absolute atomic E-state index is 6.44. The van der Waals surface area contributed by atoms with Crippen LogP contribution in [0.25, 0.3) is 0 Å². The van der Waals surface area contributed by atoms with Crippen LogP contribution in [-0.2, 0) is 14.0 Å². The zero-order valence-corrected chi connectivity index (χ0v) is 22.7. The maximum Gasteiger partial charge on any atom is 0.158 e. The van der Waals surface area contributed by atoms with Gasteiger partial charge in [0.15, 0.2) is 6.29 Å². The van der Waals surface area contributed by atoms with E-state index in [1.165, 1.54) is 57.8 Å². The highest BCUT2D eigenvalue weighted by molar-refractivity contribution is 7.09. The van der Waals surface area contributed by atoms with Crippen molar-refractivity contribution in [3.05, 3.63) is 11.6 Å². The summed E-state index contributed by atoms with van der Waals surface area (Å²) in [7, 11) is 2.69. The third kappa shape index (κ3) is 4.63. The van der Waals surface area contributed by atoms with Gasteiger partial charge in [-0.05, 0) is 105 Å². The van der Waals surface area contributed by atoms with E-state index in [4.69, 9.17) is 14.0 Å². The summed E-state index contributed by atoms with van der Waals surface area (Å²) in [5.74, 6) is 4.19. The van der Waals surface area contributed by atoms with Crippen molar-refractivity contribution < 1.29 is 14.0 Å². The van der Waals surface area contributed by atoms with Gasteiger partial charge >= 0.3 is 0 Å². The third-order valence-electron chi connectivity index (χ3n) is 10.7. The Morgan fingerprint density at radius 2 is 1.97 bits per heavy atom. The fourth-order valence-corrected chi connectivity index (χ4v) is 9.39. The molecule has 0 aromatic heterocycles. The van der Waals surface area contributed by atoms with E-state index in [1.54, 1.807) is 5.57 Å². The minimum Gasteiger partial charge on any atom is -0.355 e. The summed E-state index contributed by atoms with van der Waals surface area (Å²) in [5.41, 5.74) is 2.05. The van der Waals surface area contributed by atoms with Gasteiger partial charge in [0.2, 0.25) is 0 Å². The number of hydrogen-bond donors (Lipinski definition) is 0. The van der Waals surface area contributed by atoms with Crippen molar-refractivity contribution in [3.63, 3.8) is 0 Å². The molecule has 4 aliphatic carbocycles. The first-order valence-corrected chi connectivity index (χ1v) is 14.8. The van der Waals surface area contributed by atoms with Crippen molar-refractivity contribution >= 4 is 9.47 Å². The molecule has 188 valence electrons. The normalized spacial score (nSPS) is 44.9. The molecule has 1 heterocycles. The van der Waals surface area contributed by atoms with Crippen LogP contribution in [0, 0.1) is 35.0 Å². The summed E-state index contributed by atoms with van der Waals surface area (Å²) in [4.78, 5) is 0. The number of allylic oxidation sites excluding steroid dienone is 1. The van der Waals surface area contributed by atoms with Crippen molar-refractivity contribution in [1.82, 2.24) is 0 Å². The summed E-state index contributed by atoms with van der Waals surface area (Å²) in [6, 6.07) is 0. The highest BCUT2D eigenvalue weighted by Crippen LogP contribution is 2.65. The Hall–Kier alpha value is 0.0500. The maximum atomic E-state index is 6.44. The zero-order valence-electron chi connectivity index (χ0n) is 21.5. The van der Waals surface area contributed by atoms with E-state index in [0.29, 0.717) is 17.4 Å². The molecule has 1 saturated heterocycles. The Bertz CT molecular complexity index is 701. The second-order valence-electron chi connectivity index (χ2n) is 12.8. The Morgan fingerprint density at radius 1 is 1.09 bits per heavy atom. The van der Waals surface area contributed by atoms with Crippen LogP contribution in [0.2, 0.25) is 0 Å². The number of rotatable bonds is 8. The highest BCUT2D eigenvalue weighted by atomic mass is 31.0. The molecule has 5 rings (SSSR count). The number of unbranched alkanes of at least 4 members (excludes halogenated alkanes) is 1. The van der Waals surface area contributed by atoms with Gasteiger partial charge in [0.1, 0.15) is 0 Å². The van der Waals surface area contributed by atoms with Crippen molar-refractivity contribution in [3.8, 4) is 0 Å². The predicted molar refractivity (Wildman–Crippen MR) is 138 cm³/mol. The quantitative estimate of drug-likeness (QED) is 0.203. The Kier molecular flexibility index (Phi) is 7.64. The number of ether oxygens (including phenoxy) is 2. The molecular formula is C29H49O3P. The summed E-state index contributed by atoms with van der Waals surface area (Å²) in [6.07, 6.45) is 21.1. The average molecular weight is 477 g/mol. The Morgan fingerprint density at radius 3 is 2.73 bits per heavy atom. The first-order chi connectivity index (χ1) is 16.0. The minimum absolute atomic E-state index is 0.0303. The molecule has 3 saturated carbocycles. The molecule has 3 nitrogen and oxygen atoms in total. The van der Waals surface area contributed by atoms with Crippen LogP contribution in [0.15, 0.2) is 11.6 Å². The molecule has 0 N–H and O–H groups in total. The van der Waals surface area contributed by atoms with Crippen LogP contribution < -0.4 is 0 Å². The fourth-order valence-electron chi connectivity index (χ4n) is 8.94. The molecule has 0 amide bonds. The van der Waals surface area contributed by atoms with E-state index in [0.717, 1.165) is 62.4 Å². The molecule has 0 aromatic carbocycles. The molecule has 33 heavy (non-hydrogen) atoms. The van der Waals surface area contributed by atoms with E-state index in [1.807, 2.05) is 0 Å². The molecule has 0 aromatic rings. The number of hydrogen-bond acceptors (Lipinski definition) is 3. The van der Waals surface area contributed by atoms with E-state index >= 15 is 0 Å². The van der Waals surface area contributed by atoms with Gasteiger partial charge in [-0.25, -0.2) is 0 Å². The van der Waals surface area contributed by atoms with Crippen LogP contribution in [-0.4, -0.2) is 24.6 Å². The first kappa shape index (κ1) is 24.7. The summed E-state index contributed by atoms with van der Waals surface area (Å²) in [5, 5.41) is 0. The molecule has 9 atom stereocenters.